The summed E-state index contributed by atoms with van der Waals surface area (Å²) in [7, 11) is -3.79. The van der Waals surface area contributed by atoms with Crippen LogP contribution in [0.15, 0.2) is 39.7 Å². The van der Waals surface area contributed by atoms with Crippen LogP contribution in [0.25, 0.3) is 0 Å². The Morgan fingerprint density at radius 2 is 2.05 bits per heavy atom. The third kappa shape index (κ3) is 3.23. The fourth-order valence-corrected chi connectivity index (χ4v) is 3.70. The number of anilines is 2. The highest BCUT2D eigenvalue weighted by Crippen LogP contribution is 2.27. The van der Waals surface area contributed by atoms with Gasteiger partial charge in [-0.3, -0.25) is 4.72 Å². The summed E-state index contributed by atoms with van der Waals surface area (Å²) < 4.78 is 27.7. The van der Waals surface area contributed by atoms with Crippen molar-refractivity contribution in [2.75, 3.05) is 10.5 Å². The Hall–Kier alpha value is -1.31. The Balaban J connectivity index is 2.46. The molecular weight excluding hydrogens is 366 g/mol. The van der Waals surface area contributed by atoms with Crippen LogP contribution in [0.5, 0.6) is 0 Å². The number of nitrogen functional groups attached to an aromatic ring is 1. The van der Waals surface area contributed by atoms with E-state index in [0.29, 0.717) is 15.7 Å². The summed E-state index contributed by atoms with van der Waals surface area (Å²) in [5.74, 6) is 0.149. The number of aromatic nitrogens is 1. The Bertz CT molecular complexity index is 765. The van der Waals surface area contributed by atoms with Crippen molar-refractivity contribution in [3.8, 4) is 0 Å². The lowest BCUT2D eigenvalue weighted by atomic mass is 10.2. The van der Waals surface area contributed by atoms with Crippen LogP contribution in [0.3, 0.4) is 0 Å². The maximum atomic E-state index is 12.4. The van der Waals surface area contributed by atoms with Gasteiger partial charge in [0.1, 0.15) is 11.0 Å². The number of benzene rings is 1. The molecule has 0 unspecified atom stereocenters. The molecule has 0 aliphatic rings. The quantitative estimate of drug-likeness (QED) is 0.636. The molecule has 2 aromatic rings. The molecule has 1 aromatic carbocycles. The molecule has 0 aliphatic carbocycles. The SMILES string of the molecule is Cc1c(N)cc(Br)cc1S(=O)(=O)Nc1cccc(Cl)n1. The van der Waals surface area contributed by atoms with E-state index in [0.717, 1.165) is 0 Å². The summed E-state index contributed by atoms with van der Waals surface area (Å²) in [6, 6.07) is 7.81. The van der Waals surface area contributed by atoms with Crippen molar-refractivity contribution in [1.29, 1.82) is 0 Å². The second-order valence-corrected chi connectivity index (χ2v) is 7.02. The van der Waals surface area contributed by atoms with Crippen molar-refractivity contribution in [3.05, 3.63) is 45.5 Å². The highest BCUT2D eigenvalue weighted by molar-refractivity contribution is 9.10. The predicted octanol–water partition coefficient (Wildman–Crippen LogP) is 3.19. The first-order chi connectivity index (χ1) is 9.29. The van der Waals surface area contributed by atoms with E-state index in [1.165, 1.54) is 12.1 Å². The molecule has 8 heteroatoms. The molecule has 0 saturated heterocycles. The van der Waals surface area contributed by atoms with E-state index in [2.05, 4.69) is 25.6 Å². The minimum absolute atomic E-state index is 0.0890. The van der Waals surface area contributed by atoms with Crippen LogP contribution in [0.2, 0.25) is 5.15 Å². The number of nitrogens with two attached hydrogens (primary N) is 1. The minimum Gasteiger partial charge on any atom is -0.398 e. The Morgan fingerprint density at radius 3 is 2.70 bits per heavy atom. The first-order valence-electron chi connectivity index (χ1n) is 5.50. The average molecular weight is 377 g/mol. The number of hydrogen-bond donors (Lipinski definition) is 2. The normalized spacial score (nSPS) is 11.3. The van der Waals surface area contributed by atoms with E-state index in [9.17, 15) is 8.42 Å². The highest BCUT2D eigenvalue weighted by Gasteiger charge is 2.19. The summed E-state index contributed by atoms with van der Waals surface area (Å²) >= 11 is 8.96. The van der Waals surface area contributed by atoms with E-state index >= 15 is 0 Å². The van der Waals surface area contributed by atoms with E-state index in [1.807, 2.05) is 0 Å². The zero-order valence-corrected chi connectivity index (χ0v) is 13.6. The number of pyridine rings is 1. The van der Waals surface area contributed by atoms with Crippen LogP contribution < -0.4 is 10.5 Å². The monoisotopic (exact) mass is 375 g/mol. The molecule has 1 aromatic heterocycles. The molecule has 0 radical (unpaired) electrons. The molecule has 2 rings (SSSR count). The van der Waals surface area contributed by atoms with Crippen LogP contribution in [0.4, 0.5) is 11.5 Å². The van der Waals surface area contributed by atoms with Crippen molar-refractivity contribution >= 4 is 49.1 Å². The maximum Gasteiger partial charge on any atom is 0.263 e. The van der Waals surface area contributed by atoms with Gasteiger partial charge in [0.05, 0.1) is 4.90 Å². The lowest BCUT2D eigenvalue weighted by molar-refractivity contribution is 0.600. The lowest BCUT2D eigenvalue weighted by Gasteiger charge is -2.12. The number of halogens is 2. The van der Waals surface area contributed by atoms with Crippen LogP contribution >= 0.6 is 27.5 Å². The van der Waals surface area contributed by atoms with Crippen molar-refractivity contribution in [2.45, 2.75) is 11.8 Å². The molecule has 106 valence electrons. The zero-order valence-electron chi connectivity index (χ0n) is 10.4. The molecule has 0 atom stereocenters. The second kappa shape index (κ2) is 5.59. The van der Waals surface area contributed by atoms with Gasteiger partial charge < -0.3 is 5.73 Å². The molecular formula is C12H11BrClN3O2S. The van der Waals surface area contributed by atoms with E-state index in [-0.39, 0.29) is 15.9 Å². The van der Waals surface area contributed by atoms with Crippen LogP contribution in [0.1, 0.15) is 5.56 Å². The summed E-state index contributed by atoms with van der Waals surface area (Å²) in [4.78, 5) is 3.98. The maximum absolute atomic E-state index is 12.4. The molecule has 1 heterocycles. The number of nitrogens with one attached hydrogen (secondary N) is 1. The third-order valence-corrected chi connectivity index (χ3v) is 4.76. The van der Waals surface area contributed by atoms with Gasteiger partial charge in [-0.2, -0.15) is 0 Å². The average Bonchev–Trinajstić information content (AvgIpc) is 2.33. The van der Waals surface area contributed by atoms with Crippen LogP contribution in [0, 0.1) is 6.92 Å². The van der Waals surface area contributed by atoms with Gasteiger partial charge in [0.25, 0.3) is 10.0 Å². The van der Waals surface area contributed by atoms with E-state index in [4.69, 9.17) is 17.3 Å². The van der Waals surface area contributed by atoms with Gasteiger partial charge in [0, 0.05) is 10.2 Å². The fourth-order valence-electron chi connectivity index (χ4n) is 1.61. The minimum atomic E-state index is -3.79. The van der Waals surface area contributed by atoms with Gasteiger partial charge in [-0.05, 0) is 36.8 Å². The first-order valence-corrected chi connectivity index (χ1v) is 8.16. The highest BCUT2D eigenvalue weighted by atomic mass is 79.9. The molecule has 0 amide bonds. The molecule has 0 fully saturated rings. The molecule has 5 nitrogen and oxygen atoms in total. The van der Waals surface area contributed by atoms with Gasteiger partial charge in [-0.1, -0.05) is 33.6 Å². The van der Waals surface area contributed by atoms with Gasteiger partial charge >= 0.3 is 0 Å². The third-order valence-electron chi connectivity index (χ3n) is 2.61. The Kier molecular flexibility index (Phi) is 4.22. The molecule has 0 aliphatic heterocycles. The first kappa shape index (κ1) is 15.1. The lowest BCUT2D eigenvalue weighted by Crippen LogP contribution is -2.16. The van der Waals surface area contributed by atoms with Gasteiger partial charge in [-0.15, -0.1) is 0 Å². The van der Waals surface area contributed by atoms with Crippen molar-refractivity contribution in [2.24, 2.45) is 0 Å². The van der Waals surface area contributed by atoms with E-state index in [1.54, 1.807) is 25.1 Å². The topological polar surface area (TPSA) is 85.1 Å². The van der Waals surface area contributed by atoms with Crippen molar-refractivity contribution < 1.29 is 8.42 Å². The van der Waals surface area contributed by atoms with E-state index < -0.39 is 10.0 Å². The number of sulfonamides is 1. The molecule has 20 heavy (non-hydrogen) atoms. The standard InChI is InChI=1S/C12H11BrClN3O2S/c1-7-9(15)5-8(13)6-10(7)20(18,19)17-12-4-2-3-11(14)16-12/h2-6H,15H2,1H3,(H,16,17). The Labute approximate surface area is 130 Å². The van der Waals surface area contributed by atoms with Gasteiger partial charge in [0.2, 0.25) is 0 Å². The van der Waals surface area contributed by atoms with Gasteiger partial charge in [-0.25, -0.2) is 13.4 Å². The van der Waals surface area contributed by atoms with Crippen LogP contribution in [-0.2, 0) is 10.0 Å². The second-order valence-electron chi connectivity index (χ2n) is 4.07. The summed E-state index contributed by atoms with van der Waals surface area (Å²) in [6.45, 7) is 1.64. The predicted molar refractivity (Wildman–Crippen MR) is 83.3 cm³/mol. The Morgan fingerprint density at radius 1 is 1.35 bits per heavy atom. The fraction of sp³-hybridized carbons (Fsp3) is 0.0833. The molecule has 3 N–H and O–H groups in total. The summed E-state index contributed by atoms with van der Waals surface area (Å²) in [5, 5.41) is 0.204. The van der Waals surface area contributed by atoms with Gasteiger partial charge in [0.15, 0.2) is 0 Å². The molecule has 0 spiro atoms. The number of nitrogens with zero attached hydrogens (tertiary/aromatic N) is 1. The summed E-state index contributed by atoms with van der Waals surface area (Å²) in [5.41, 5.74) is 6.64. The largest absolute Gasteiger partial charge is 0.398 e. The van der Waals surface area contributed by atoms with Crippen LogP contribution in [-0.4, -0.2) is 13.4 Å². The van der Waals surface area contributed by atoms with Crippen molar-refractivity contribution in [1.82, 2.24) is 4.98 Å². The molecule has 0 bridgehead atoms. The summed E-state index contributed by atoms with van der Waals surface area (Å²) in [6.07, 6.45) is 0. The molecule has 0 saturated carbocycles. The van der Waals surface area contributed by atoms with Crippen molar-refractivity contribution in [3.63, 3.8) is 0 Å². The zero-order chi connectivity index (χ0) is 14.9. The smallest absolute Gasteiger partial charge is 0.263 e. The number of hydrogen-bond acceptors (Lipinski definition) is 4. The number of rotatable bonds is 3.